The van der Waals surface area contributed by atoms with E-state index in [9.17, 15) is 26.3 Å². The van der Waals surface area contributed by atoms with E-state index in [1.165, 1.54) is 34.9 Å². The van der Waals surface area contributed by atoms with Gasteiger partial charge in [0.05, 0.1) is 16.6 Å². The van der Waals surface area contributed by atoms with Crippen LogP contribution in [0.5, 0.6) is 0 Å². The molecule has 2 heterocycles. The molecule has 5 aliphatic rings. The largest absolute Gasteiger partial charge is 0.416 e. The van der Waals surface area contributed by atoms with Crippen LogP contribution >= 0.6 is 0 Å². The molecule has 5 aromatic rings. The van der Waals surface area contributed by atoms with E-state index < -0.39 is 28.9 Å². The third-order valence-electron chi connectivity index (χ3n) is 11.1. The molecule has 3 atom stereocenters. The van der Waals surface area contributed by atoms with Crippen molar-refractivity contribution in [1.29, 1.82) is 0 Å². The smallest absolute Gasteiger partial charge is 0.416 e. The lowest BCUT2D eigenvalue weighted by atomic mass is 9.63. The minimum absolute atomic E-state index is 0.00760. The predicted octanol–water partition coefficient (Wildman–Crippen LogP) is 8.73. The van der Waals surface area contributed by atoms with Crippen molar-refractivity contribution in [3.63, 3.8) is 0 Å². The molecule has 0 amide bonds. The summed E-state index contributed by atoms with van der Waals surface area (Å²) in [4.78, 5) is 0. The molecule has 0 aliphatic heterocycles. The molecular weight excluding hydrogens is 718 g/mol. The van der Waals surface area contributed by atoms with Crippen LogP contribution in [0.1, 0.15) is 46.9 Å². The lowest BCUT2D eigenvalue weighted by Crippen LogP contribution is -2.35. The van der Waals surface area contributed by atoms with Crippen LogP contribution in [0.25, 0.3) is 28.2 Å². The molecule has 55 heavy (non-hydrogen) atoms. The summed E-state index contributed by atoms with van der Waals surface area (Å²) in [5.74, 6) is 0.188. The van der Waals surface area contributed by atoms with E-state index in [-0.39, 0.29) is 41.1 Å². The Morgan fingerprint density at radius 1 is 0.727 bits per heavy atom. The Morgan fingerprint density at radius 3 is 2.31 bits per heavy atom. The minimum Gasteiger partial charge on any atom is -0.416 e. The second-order valence-corrected chi connectivity index (χ2v) is 14.0. The third kappa shape index (κ3) is 5.10. The highest BCUT2D eigenvalue weighted by Crippen LogP contribution is 2.63. The van der Waals surface area contributed by atoms with Crippen molar-refractivity contribution in [1.82, 2.24) is 20.4 Å². The molecule has 0 N–H and O–H groups in total. The monoisotopic (exact) mass is 744 g/mol. The molecule has 5 aliphatic carbocycles. The van der Waals surface area contributed by atoms with E-state index in [2.05, 4.69) is 75.0 Å². The third-order valence-corrected chi connectivity index (χ3v) is 11.1. The van der Waals surface area contributed by atoms with Gasteiger partial charge in [-0.3, -0.25) is 0 Å². The highest BCUT2D eigenvalue weighted by atomic mass is 19.4. The molecule has 0 saturated heterocycles. The van der Waals surface area contributed by atoms with Crippen LogP contribution in [-0.2, 0) is 11.6 Å². The van der Waals surface area contributed by atoms with Crippen molar-refractivity contribution in [2.75, 3.05) is 0 Å². The van der Waals surface area contributed by atoms with Gasteiger partial charge in [-0.2, -0.15) is 26.3 Å². The van der Waals surface area contributed by atoms with E-state index >= 15 is 0 Å². The second kappa shape index (κ2) is 11.8. The molecule has 12 heteroatoms. The van der Waals surface area contributed by atoms with Crippen molar-refractivity contribution < 1.29 is 35.2 Å². The Bertz CT molecular complexity index is 2870. The average molecular weight is 745 g/mol. The van der Waals surface area contributed by atoms with E-state index in [0.717, 1.165) is 47.1 Å². The Balaban J connectivity index is 1.12. The number of nitrogens with zero attached hydrogens (tertiary/aromatic N) is 4. The molecule has 3 unspecified atom stereocenters. The molecule has 2 aromatic heterocycles. The average Bonchev–Trinajstić information content (AvgIpc) is 3.99. The summed E-state index contributed by atoms with van der Waals surface area (Å²) in [6.07, 6.45) is 7.98. The predicted molar refractivity (Wildman–Crippen MR) is 190 cm³/mol. The van der Waals surface area contributed by atoms with Gasteiger partial charge < -0.3 is 8.83 Å². The first-order valence-electron chi connectivity index (χ1n) is 17.5. The van der Waals surface area contributed by atoms with Crippen LogP contribution in [0.4, 0.5) is 26.3 Å². The number of hydrogen-bond acceptors (Lipinski definition) is 6. The molecule has 0 fully saturated rings. The van der Waals surface area contributed by atoms with Gasteiger partial charge in [-0.25, -0.2) is 0 Å². The molecule has 0 saturated carbocycles. The van der Waals surface area contributed by atoms with Gasteiger partial charge in [0.1, 0.15) is 0 Å². The lowest BCUT2D eigenvalue weighted by Gasteiger charge is -2.38. The maximum absolute atomic E-state index is 13.2. The topological polar surface area (TPSA) is 77.8 Å². The summed E-state index contributed by atoms with van der Waals surface area (Å²) in [6.45, 7) is 0. The number of aromatic nitrogens is 4. The molecule has 3 aromatic carbocycles. The number of halogens is 6. The molecular formula is C43H26F6N4O2. The van der Waals surface area contributed by atoms with E-state index in [1.54, 1.807) is 0 Å². The summed E-state index contributed by atoms with van der Waals surface area (Å²) < 4.78 is 91.4. The Labute approximate surface area is 307 Å². The number of benzene rings is 3. The van der Waals surface area contributed by atoms with Gasteiger partial charge in [0.15, 0.2) is 0 Å². The summed E-state index contributed by atoms with van der Waals surface area (Å²) >= 11 is 0. The van der Waals surface area contributed by atoms with Crippen LogP contribution in [0.2, 0.25) is 0 Å². The van der Waals surface area contributed by atoms with Crippen LogP contribution in [0.15, 0.2) is 141 Å². The van der Waals surface area contributed by atoms with Gasteiger partial charge in [0.25, 0.3) is 0 Å². The summed E-state index contributed by atoms with van der Waals surface area (Å²) in [5.41, 5.74) is 5.57. The number of alkyl halides is 6. The second-order valence-electron chi connectivity index (χ2n) is 14.0. The molecule has 10 rings (SSSR count). The first kappa shape index (κ1) is 33.3. The van der Waals surface area contributed by atoms with Gasteiger partial charge in [0, 0.05) is 33.8 Å². The van der Waals surface area contributed by atoms with Crippen molar-refractivity contribution in [3.8, 4) is 11.5 Å². The fraction of sp³-hybridized carbons (Fsp3) is 0.163. The first-order valence-corrected chi connectivity index (χ1v) is 17.5. The van der Waals surface area contributed by atoms with Crippen molar-refractivity contribution in [3.05, 3.63) is 182 Å². The quantitative estimate of drug-likeness (QED) is 0.168. The zero-order valence-electron chi connectivity index (χ0n) is 28.5. The van der Waals surface area contributed by atoms with E-state index in [1.807, 2.05) is 24.3 Å². The number of rotatable bonds is 2. The molecule has 6 nitrogen and oxygen atoms in total. The normalized spacial score (nSPS) is 24.0. The van der Waals surface area contributed by atoms with Gasteiger partial charge in [-0.1, -0.05) is 78.9 Å². The van der Waals surface area contributed by atoms with Crippen molar-refractivity contribution in [2.24, 2.45) is 5.92 Å². The lowest BCUT2D eigenvalue weighted by molar-refractivity contribution is -0.137. The van der Waals surface area contributed by atoms with Crippen molar-refractivity contribution >= 4 is 16.7 Å². The highest BCUT2D eigenvalue weighted by molar-refractivity contribution is 5.85. The zero-order valence-corrected chi connectivity index (χ0v) is 28.5. The number of fused-ring (bicyclic) bond motifs is 9. The molecule has 0 radical (unpaired) electrons. The van der Waals surface area contributed by atoms with E-state index in [4.69, 9.17) is 8.83 Å². The van der Waals surface area contributed by atoms with Gasteiger partial charge in [0.2, 0.25) is 22.9 Å². The summed E-state index contributed by atoms with van der Waals surface area (Å²) in [5, 5.41) is 18.8. The summed E-state index contributed by atoms with van der Waals surface area (Å²) in [7, 11) is 0. The van der Waals surface area contributed by atoms with Gasteiger partial charge in [-0.05, 0) is 88.4 Å². The van der Waals surface area contributed by atoms with Crippen LogP contribution in [0, 0.1) is 16.7 Å². The molecule has 0 bridgehead atoms. The maximum atomic E-state index is 13.2. The van der Waals surface area contributed by atoms with Gasteiger partial charge >= 0.3 is 12.4 Å². The Hall–Kier alpha value is -6.30. The Morgan fingerprint density at radius 2 is 1.53 bits per heavy atom. The highest BCUT2D eigenvalue weighted by Gasteiger charge is 2.57. The summed E-state index contributed by atoms with van der Waals surface area (Å²) in [6, 6.07) is 19.1. The van der Waals surface area contributed by atoms with E-state index in [0.29, 0.717) is 21.9 Å². The minimum atomic E-state index is -4.47. The van der Waals surface area contributed by atoms with Gasteiger partial charge in [-0.15, -0.1) is 20.4 Å². The molecule has 1 spiro atoms. The fourth-order valence-corrected chi connectivity index (χ4v) is 8.73. The standard InChI is InChI=1S/C43H26F6N4O2/c44-42(45,46)27-15-9-23(10-16-27)37-50-52-39(54-37)25-13-19-31-29-5-1-3-7-33(29)41(35(31)21-25)34-8-4-2-6-30(34)32-20-14-26(22-36(32)41)40-53-51-38(55-40)24-11-17-28(18-12-24)43(47,48)49/h1-5,7-11,13-22,31,35H,6,12H2. The van der Waals surface area contributed by atoms with Crippen LogP contribution < -0.4 is 10.8 Å². The number of hydrogen-bond donors (Lipinski definition) is 0. The van der Waals surface area contributed by atoms with Crippen molar-refractivity contribution in [2.45, 2.75) is 36.5 Å². The first-order chi connectivity index (χ1) is 26.5. The fourth-order valence-electron chi connectivity index (χ4n) is 8.73. The SMILES string of the molecule is FC(F)(F)C1=CCC(=c2nnc(=c3ccc4c(c3)C3(C5=CC=CCC=45)c4ccccc4C4C=CC(c5nnc(-c6ccc(C(F)(F)F)cc6)o5)=CC43)o2)C=C1. The molecule has 272 valence electrons. The Kier molecular flexibility index (Phi) is 7.17. The number of allylic oxidation sites excluding steroid dienone is 12. The zero-order chi connectivity index (χ0) is 37.7. The van der Waals surface area contributed by atoms with Crippen LogP contribution in [0.3, 0.4) is 0 Å². The maximum Gasteiger partial charge on any atom is 0.416 e. The van der Waals surface area contributed by atoms with Crippen LogP contribution in [-0.4, -0.2) is 26.6 Å².